The number of halogens is 4. The molecule has 6 heteroatoms. The first-order valence-electron chi connectivity index (χ1n) is 3.41. The highest BCUT2D eigenvalue weighted by molar-refractivity contribution is 9.09. The molecule has 0 spiro atoms. The van der Waals surface area contributed by atoms with Gasteiger partial charge in [-0.05, 0) is 6.92 Å². The van der Waals surface area contributed by atoms with Crippen LogP contribution in [-0.2, 0) is 9.53 Å². The summed E-state index contributed by atoms with van der Waals surface area (Å²) in [6, 6.07) is 0. The van der Waals surface area contributed by atoms with E-state index in [-0.39, 0.29) is 11.9 Å². The van der Waals surface area contributed by atoms with Crippen LogP contribution in [0, 0.1) is 0 Å². The number of hydrogen-bond acceptors (Lipinski definition) is 2. The number of rotatable bonds is 4. The molecule has 0 aliphatic rings. The van der Waals surface area contributed by atoms with Crippen molar-refractivity contribution in [2.45, 2.75) is 13.1 Å². The molecule has 0 rings (SSSR count). The largest absolute Gasteiger partial charge is 0.501 e. The van der Waals surface area contributed by atoms with Gasteiger partial charge in [-0.3, -0.25) is 4.79 Å². The van der Waals surface area contributed by atoms with Crippen molar-refractivity contribution < 1.29 is 22.7 Å². The van der Waals surface area contributed by atoms with E-state index in [1.165, 1.54) is 0 Å². The van der Waals surface area contributed by atoms with Crippen LogP contribution in [0.5, 0.6) is 0 Å². The Morgan fingerprint density at radius 1 is 1.54 bits per heavy atom. The second-order valence-electron chi connectivity index (χ2n) is 2.06. The summed E-state index contributed by atoms with van der Waals surface area (Å²) in [6.07, 6.45) is -4.01. The van der Waals surface area contributed by atoms with Crippen molar-refractivity contribution in [3.05, 3.63) is 11.8 Å². The highest BCUT2D eigenvalue weighted by atomic mass is 79.9. The summed E-state index contributed by atoms with van der Waals surface area (Å²) < 4.78 is 40.1. The molecule has 0 amide bonds. The van der Waals surface area contributed by atoms with E-state index in [4.69, 9.17) is 0 Å². The fourth-order valence-electron chi connectivity index (χ4n) is 0.512. The molecule has 0 aliphatic carbocycles. The van der Waals surface area contributed by atoms with Crippen molar-refractivity contribution in [2.75, 3.05) is 11.9 Å². The maximum atomic E-state index is 11.8. The molecular weight excluding hydrogens is 253 g/mol. The van der Waals surface area contributed by atoms with Gasteiger partial charge in [0, 0.05) is 10.9 Å². The third-order valence-electron chi connectivity index (χ3n) is 1.09. The third kappa shape index (κ3) is 4.31. The quantitative estimate of drug-likeness (QED) is 0.441. The van der Waals surface area contributed by atoms with Crippen LogP contribution in [0.25, 0.3) is 0 Å². The number of allylic oxidation sites excluding steroid dienone is 1. The lowest BCUT2D eigenvalue weighted by molar-refractivity contribution is -0.166. The van der Waals surface area contributed by atoms with Gasteiger partial charge in [-0.25, -0.2) is 0 Å². The molecule has 0 radical (unpaired) electrons. The summed E-state index contributed by atoms with van der Waals surface area (Å²) in [4.78, 5) is 10.6. The van der Waals surface area contributed by atoms with Crippen LogP contribution in [0.3, 0.4) is 0 Å². The fourth-order valence-corrected chi connectivity index (χ4v) is 0.898. The lowest BCUT2D eigenvalue weighted by Crippen LogP contribution is -2.25. The highest BCUT2D eigenvalue weighted by Gasteiger charge is 2.40. The van der Waals surface area contributed by atoms with Gasteiger partial charge in [0.25, 0.3) is 5.78 Å². The van der Waals surface area contributed by atoms with E-state index < -0.39 is 17.5 Å². The predicted octanol–water partition coefficient (Wildman–Crippen LogP) is 2.43. The Morgan fingerprint density at radius 3 is 2.38 bits per heavy atom. The van der Waals surface area contributed by atoms with Crippen molar-refractivity contribution in [2.24, 2.45) is 0 Å². The van der Waals surface area contributed by atoms with Gasteiger partial charge >= 0.3 is 6.18 Å². The Hall–Kier alpha value is -0.520. The van der Waals surface area contributed by atoms with Crippen molar-refractivity contribution in [3.63, 3.8) is 0 Å². The summed E-state index contributed by atoms with van der Waals surface area (Å²) in [7, 11) is 0. The summed E-state index contributed by atoms with van der Waals surface area (Å²) in [5.41, 5.74) is -0.436. The van der Waals surface area contributed by atoms with Crippen LogP contribution in [0.2, 0.25) is 0 Å². The van der Waals surface area contributed by atoms with Crippen molar-refractivity contribution in [1.82, 2.24) is 0 Å². The van der Waals surface area contributed by atoms with Crippen LogP contribution in [0.15, 0.2) is 11.8 Å². The van der Waals surface area contributed by atoms with Gasteiger partial charge in [-0.15, -0.1) is 0 Å². The number of ketones is 1. The lowest BCUT2D eigenvalue weighted by atomic mass is 10.2. The van der Waals surface area contributed by atoms with E-state index in [9.17, 15) is 18.0 Å². The molecular formula is C7H8BrF3O2. The van der Waals surface area contributed by atoms with Gasteiger partial charge in [0.1, 0.15) is 0 Å². The van der Waals surface area contributed by atoms with Gasteiger partial charge in [0.2, 0.25) is 0 Å². The van der Waals surface area contributed by atoms with E-state index >= 15 is 0 Å². The van der Waals surface area contributed by atoms with Gasteiger partial charge in [0.15, 0.2) is 0 Å². The van der Waals surface area contributed by atoms with Crippen molar-refractivity contribution in [1.29, 1.82) is 0 Å². The molecule has 0 aliphatic heterocycles. The number of Topliss-reactive ketones (excluding diaryl/α,β-unsaturated/α-hetero) is 1. The zero-order valence-corrected chi connectivity index (χ0v) is 8.41. The SMILES string of the molecule is CCO/C=C(\CBr)C(=O)C(F)(F)F. The molecule has 13 heavy (non-hydrogen) atoms. The summed E-state index contributed by atoms with van der Waals surface area (Å²) >= 11 is 2.77. The molecule has 0 aromatic heterocycles. The molecule has 0 saturated heterocycles. The first-order chi connectivity index (χ1) is 5.93. The Labute approximate surface area is 81.9 Å². The smallest absolute Gasteiger partial charge is 0.454 e. The Kier molecular flexibility index (Phi) is 5.05. The van der Waals surface area contributed by atoms with Crippen molar-refractivity contribution >= 4 is 21.7 Å². The first-order valence-corrected chi connectivity index (χ1v) is 4.53. The molecule has 0 N–H and O–H groups in total. The molecule has 0 aromatic carbocycles. The van der Waals surface area contributed by atoms with Crippen LogP contribution in [-0.4, -0.2) is 23.9 Å². The molecule has 0 unspecified atom stereocenters. The zero-order valence-electron chi connectivity index (χ0n) is 6.82. The highest BCUT2D eigenvalue weighted by Crippen LogP contribution is 2.21. The molecule has 0 heterocycles. The molecule has 0 bridgehead atoms. The normalized spacial score (nSPS) is 12.8. The van der Waals surface area contributed by atoms with E-state index in [0.29, 0.717) is 0 Å². The monoisotopic (exact) mass is 260 g/mol. The molecule has 0 saturated carbocycles. The first kappa shape index (κ1) is 12.5. The molecule has 0 fully saturated rings. The lowest BCUT2D eigenvalue weighted by Gasteiger charge is -2.06. The summed E-state index contributed by atoms with van der Waals surface area (Å²) in [5, 5.41) is -0.175. The summed E-state index contributed by atoms with van der Waals surface area (Å²) in [6.45, 7) is 1.84. The number of alkyl halides is 4. The maximum absolute atomic E-state index is 11.8. The maximum Gasteiger partial charge on any atom is 0.454 e. The molecule has 76 valence electrons. The Bertz CT molecular complexity index is 210. The minimum atomic E-state index is -4.84. The predicted molar refractivity (Wildman–Crippen MR) is 44.6 cm³/mol. The second kappa shape index (κ2) is 5.26. The average Bonchev–Trinajstić information content (AvgIpc) is 2.04. The van der Waals surface area contributed by atoms with Crippen molar-refractivity contribution in [3.8, 4) is 0 Å². The summed E-state index contributed by atoms with van der Waals surface area (Å²) in [5.74, 6) is -1.88. The Balaban J connectivity index is 4.50. The van der Waals surface area contributed by atoms with Crippen LogP contribution in [0.1, 0.15) is 6.92 Å². The van der Waals surface area contributed by atoms with Gasteiger partial charge in [0.05, 0.1) is 12.9 Å². The molecule has 0 atom stereocenters. The van der Waals surface area contributed by atoms with Gasteiger partial charge < -0.3 is 4.74 Å². The van der Waals surface area contributed by atoms with Crippen LogP contribution >= 0.6 is 15.9 Å². The number of hydrogen-bond donors (Lipinski definition) is 0. The average molecular weight is 261 g/mol. The minimum Gasteiger partial charge on any atom is -0.501 e. The van der Waals surface area contributed by atoms with Crippen LogP contribution < -0.4 is 0 Å². The fraction of sp³-hybridized carbons (Fsp3) is 0.571. The number of carbonyl (C=O) groups excluding carboxylic acids is 1. The van der Waals surface area contributed by atoms with E-state index in [1.54, 1.807) is 6.92 Å². The molecule has 0 aromatic rings. The van der Waals surface area contributed by atoms with Gasteiger partial charge in [-0.1, -0.05) is 15.9 Å². The second-order valence-corrected chi connectivity index (χ2v) is 2.62. The topological polar surface area (TPSA) is 26.3 Å². The number of ether oxygens (including phenoxy) is 1. The number of carbonyl (C=O) groups is 1. The molecule has 2 nitrogen and oxygen atoms in total. The van der Waals surface area contributed by atoms with Crippen LogP contribution in [0.4, 0.5) is 13.2 Å². The van der Waals surface area contributed by atoms with E-state index in [2.05, 4.69) is 20.7 Å². The third-order valence-corrected chi connectivity index (χ3v) is 1.69. The van der Waals surface area contributed by atoms with E-state index in [0.717, 1.165) is 6.26 Å². The Morgan fingerprint density at radius 2 is 2.08 bits per heavy atom. The zero-order chi connectivity index (χ0) is 10.5. The van der Waals surface area contributed by atoms with E-state index in [1.807, 2.05) is 0 Å². The minimum absolute atomic E-state index is 0.175. The van der Waals surface area contributed by atoms with Gasteiger partial charge in [-0.2, -0.15) is 13.2 Å². The standard InChI is InChI=1S/C7H8BrF3O2/c1-2-13-4-5(3-8)6(12)7(9,10)11/h4H,2-3H2,1H3/b5-4+.